The van der Waals surface area contributed by atoms with Gasteiger partial charge in [-0.15, -0.1) is 5.92 Å². The smallest absolute Gasteiger partial charge is 0.224 e. The predicted octanol–water partition coefficient (Wildman–Crippen LogP) is 3.09. The minimum atomic E-state index is -0.0807. The van der Waals surface area contributed by atoms with E-state index in [1.54, 1.807) is 13.0 Å². The molecule has 7 nitrogen and oxygen atoms in total. The van der Waals surface area contributed by atoms with Crippen LogP contribution < -0.4 is 10.6 Å². The molecule has 0 rings (SSSR count). The van der Waals surface area contributed by atoms with Crippen LogP contribution in [0.5, 0.6) is 0 Å². The molecule has 0 aliphatic carbocycles. The average molecular weight is 429 g/mol. The molecular weight excluding hydrogens is 388 g/mol. The number of allylic oxidation sites excluding steroid dienone is 2. The molecule has 31 heavy (non-hydrogen) atoms. The zero-order valence-electron chi connectivity index (χ0n) is 20.4. The van der Waals surface area contributed by atoms with Gasteiger partial charge in [0.1, 0.15) is 11.8 Å². The van der Waals surface area contributed by atoms with Gasteiger partial charge in [0, 0.05) is 31.2 Å². The first kappa shape index (κ1) is 28.4. The van der Waals surface area contributed by atoms with Crippen LogP contribution in [0.15, 0.2) is 28.7 Å². The molecule has 0 saturated carbocycles. The Balaban J connectivity index is 5.29. The Bertz CT molecular complexity index is 728. The van der Waals surface area contributed by atoms with Gasteiger partial charge in [0.2, 0.25) is 5.91 Å². The first-order valence-electron chi connectivity index (χ1n) is 10.8. The lowest BCUT2D eigenvalue weighted by molar-refractivity contribution is -0.120. The zero-order valence-corrected chi connectivity index (χ0v) is 20.4. The van der Waals surface area contributed by atoms with Crippen molar-refractivity contribution in [2.24, 2.45) is 10.9 Å². The van der Waals surface area contributed by atoms with Crippen LogP contribution in [0.3, 0.4) is 0 Å². The summed E-state index contributed by atoms with van der Waals surface area (Å²) in [6, 6.07) is 2.21. The third kappa shape index (κ3) is 12.0. The Morgan fingerprint density at radius 1 is 1.32 bits per heavy atom. The average Bonchev–Trinajstić information content (AvgIpc) is 2.68. The molecule has 2 N–H and O–H groups in total. The van der Waals surface area contributed by atoms with Gasteiger partial charge in [-0.3, -0.25) is 20.0 Å². The number of rotatable bonds is 13. The van der Waals surface area contributed by atoms with E-state index >= 15 is 0 Å². The quantitative estimate of drug-likeness (QED) is 0.118. The van der Waals surface area contributed by atoms with Crippen LogP contribution in [-0.2, 0) is 4.79 Å². The maximum absolute atomic E-state index is 11.8. The normalized spacial score (nSPS) is 12.3. The van der Waals surface area contributed by atoms with Gasteiger partial charge >= 0.3 is 0 Å². The first-order chi connectivity index (χ1) is 14.6. The van der Waals surface area contributed by atoms with Gasteiger partial charge in [-0.1, -0.05) is 26.7 Å². The number of aliphatic imine (C=N–C) groups is 1. The lowest BCUT2D eigenvalue weighted by Gasteiger charge is -2.35. The molecule has 0 bridgehead atoms. The highest BCUT2D eigenvalue weighted by atomic mass is 16.1. The maximum atomic E-state index is 11.8. The first-order valence-corrected chi connectivity index (χ1v) is 10.8. The largest absolute Gasteiger partial charge is 0.337 e. The number of hydrogen-bond donors (Lipinski definition) is 2. The minimum absolute atomic E-state index is 0.0807. The van der Waals surface area contributed by atoms with E-state index in [9.17, 15) is 10.1 Å². The molecule has 0 aliphatic rings. The summed E-state index contributed by atoms with van der Waals surface area (Å²) in [5.74, 6) is 6.06. The van der Waals surface area contributed by atoms with Crippen molar-refractivity contribution in [3.8, 4) is 17.9 Å². The van der Waals surface area contributed by atoms with E-state index in [1.165, 1.54) is 6.20 Å². The summed E-state index contributed by atoms with van der Waals surface area (Å²) < 4.78 is 0. The number of nitriles is 1. The summed E-state index contributed by atoms with van der Waals surface area (Å²) in [7, 11) is 0. The van der Waals surface area contributed by atoms with Crippen LogP contribution in [0, 0.1) is 29.1 Å². The summed E-state index contributed by atoms with van der Waals surface area (Å²) in [5, 5.41) is 15.9. The molecule has 0 fully saturated rings. The molecule has 0 unspecified atom stereocenters. The van der Waals surface area contributed by atoms with E-state index in [-0.39, 0.29) is 17.4 Å². The van der Waals surface area contributed by atoms with Crippen molar-refractivity contribution < 1.29 is 4.79 Å². The summed E-state index contributed by atoms with van der Waals surface area (Å²) in [6.45, 7) is 21.5. The van der Waals surface area contributed by atoms with Crippen LogP contribution >= 0.6 is 0 Å². The second kappa shape index (κ2) is 15.2. The Morgan fingerprint density at radius 3 is 2.48 bits per heavy atom. The molecular formula is C24H40N6O. The molecule has 0 aromatic heterocycles. The summed E-state index contributed by atoms with van der Waals surface area (Å²) >= 11 is 0. The molecule has 0 spiro atoms. The maximum Gasteiger partial charge on any atom is 0.224 e. The number of hydrogen-bond acceptors (Lipinski definition) is 6. The van der Waals surface area contributed by atoms with E-state index < -0.39 is 0 Å². The monoisotopic (exact) mass is 428 g/mol. The van der Waals surface area contributed by atoms with Crippen molar-refractivity contribution >= 4 is 12.6 Å². The second-order valence-corrected chi connectivity index (χ2v) is 8.54. The van der Waals surface area contributed by atoms with Gasteiger partial charge < -0.3 is 10.2 Å². The van der Waals surface area contributed by atoms with Crippen LogP contribution in [0.25, 0.3) is 0 Å². The number of likely N-dealkylation sites (N-methyl/N-ethyl adjacent to an activating group) is 1. The number of carbonyl (C=O) groups is 1. The number of nitrogens with zero attached hydrogens (tertiary/aromatic N) is 4. The van der Waals surface area contributed by atoms with E-state index in [4.69, 9.17) is 0 Å². The Hall–Kier alpha value is -2.61. The van der Waals surface area contributed by atoms with Crippen molar-refractivity contribution in [1.82, 2.24) is 20.4 Å². The molecule has 0 heterocycles. The van der Waals surface area contributed by atoms with Gasteiger partial charge in [0.15, 0.2) is 0 Å². The summed E-state index contributed by atoms with van der Waals surface area (Å²) in [5.41, 5.74) is 0.839. The lowest BCUT2D eigenvalue weighted by atomic mass is 10.1. The van der Waals surface area contributed by atoms with E-state index in [0.717, 1.165) is 19.6 Å². The number of amides is 1. The molecule has 0 aromatic rings. The lowest BCUT2D eigenvalue weighted by Crippen LogP contribution is -2.46. The standard InChI is InChI=1S/C24H40N6O/c1-9-11-15-29(19-27-14-16-30(10-2)24(5,6)7)22(18-25)21(26-8)12-13-28-23(31)17-20(3)4/h12-13,20,27H,8,10,14-17,19H2,1-7H3,(H,28,31)/b13-12+,22-21-. The molecule has 1 amide bonds. The Morgan fingerprint density at radius 2 is 2.00 bits per heavy atom. The molecule has 0 saturated heterocycles. The molecule has 0 radical (unpaired) electrons. The fourth-order valence-electron chi connectivity index (χ4n) is 2.92. The molecule has 0 aliphatic heterocycles. The molecule has 0 atom stereocenters. The third-order valence-electron chi connectivity index (χ3n) is 4.55. The highest BCUT2D eigenvalue weighted by Gasteiger charge is 2.19. The van der Waals surface area contributed by atoms with Gasteiger partial charge in [-0.2, -0.15) is 5.26 Å². The highest BCUT2D eigenvalue weighted by Crippen LogP contribution is 2.13. The summed E-state index contributed by atoms with van der Waals surface area (Å²) in [6.07, 6.45) is 3.53. The van der Waals surface area contributed by atoms with Gasteiger partial charge in [0.25, 0.3) is 0 Å². The summed E-state index contributed by atoms with van der Waals surface area (Å²) in [4.78, 5) is 20.0. The van der Waals surface area contributed by atoms with Crippen LogP contribution in [-0.4, -0.2) is 60.8 Å². The molecule has 7 heteroatoms. The van der Waals surface area contributed by atoms with E-state index in [0.29, 0.717) is 31.0 Å². The van der Waals surface area contributed by atoms with Crippen molar-refractivity contribution in [3.05, 3.63) is 23.7 Å². The Kier molecular flexibility index (Phi) is 13.9. The Labute approximate surface area is 189 Å². The van der Waals surface area contributed by atoms with E-state index in [2.05, 4.69) is 72.8 Å². The van der Waals surface area contributed by atoms with Gasteiger partial charge in [-0.25, -0.2) is 0 Å². The van der Waals surface area contributed by atoms with Crippen molar-refractivity contribution in [2.45, 2.75) is 60.4 Å². The fraction of sp³-hybridized carbons (Fsp3) is 0.625. The highest BCUT2D eigenvalue weighted by molar-refractivity contribution is 5.77. The van der Waals surface area contributed by atoms with E-state index in [1.807, 2.05) is 18.7 Å². The van der Waals surface area contributed by atoms with Gasteiger partial charge in [-0.05, 0) is 53.0 Å². The minimum Gasteiger partial charge on any atom is -0.337 e. The van der Waals surface area contributed by atoms with Crippen LogP contribution in [0.1, 0.15) is 54.9 Å². The third-order valence-corrected chi connectivity index (χ3v) is 4.55. The number of nitrogens with one attached hydrogen (secondary N) is 2. The SMILES string of the molecule is C=NC(/C=C/NC(=O)CC(C)C)=C(/C#N)N(CC#CC)CNCCN(CC)C(C)(C)C. The molecule has 0 aromatic carbocycles. The molecule has 172 valence electrons. The van der Waals surface area contributed by atoms with Crippen molar-refractivity contribution in [2.75, 3.05) is 32.8 Å². The van der Waals surface area contributed by atoms with Gasteiger partial charge in [0.05, 0.1) is 18.9 Å². The number of carbonyl (C=O) groups excluding carboxylic acids is 1. The van der Waals surface area contributed by atoms with Crippen LogP contribution in [0.4, 0.5) is 0 Å². The second-order valence-electron chi connectivity index (χ2n) is 8.54. The van der Waals surface area contributed by atoms with Crippen molar-refractivity contribution in [3.63, 3.8) is 0 Å². The predicted molar refractivity (Wildman–Crippen MR) is 129 cm³/mol. The topological polar surface area (TPSA) is 83.8 Å². The van der Waals surface area contributed by atoms with Crippen molar-refractivity contribution in [1.29, 1.82) is 5.26 Å². The fourth-order valence-corrected chi connectivity index (χ4v) is 2.92. The van der Waals surface area contributed by atoms with Crippen LogP contribution in [0.2, 0.25) is 0 Å². The zero-order chi connectivity index (χ0) is 23.9.